The normalized spacial score (nSPS) is 11.3. The Hall–Kier alpha value is 1.74. The van der Waals surface area contributed by atoms with Crippen LogP contribution in [0.15, 0.2) is 0 Å². The first kappa shape index (κ1) is 58.4. The van der Waals surface area contributed by atoms with E-state index >= 15 is 0 Å². The van der Waals surface area contributed by atoms with Gasteiger partial charge in [0.1, 0.15) is 0 Å². The molecule has 0 aliphatic rings. The molecule has 50 heavy (non-hydrogen) atoms. The van der Waals surface area contributed by atoms with Crippen molar-refractivity contribution < 1.29 is 48.3 Å². The number of aliphatic hydroxyl groups excluding tert-OH is 2. The van der Waals surface area contributed by atoms with Crippen molar-refractivity contribution in [3.8, 4) is 0 Å². The van der Waals surface area contributed by atoms with Gasteiger partial charge in [-0.15, -0.1) is 0 Å². The molecule has 8 N–H and O–H groups in total. The van der Waals surface area contributed by atoms with Gasteiger partial charge >= 0.3 is 136 Å². The molecule has 0 bridgehead atoms. The number of phosphoric acid groups is 2. The largest absolute Gasteiger partial charge is 0.466 e. The van der Waals surface area contributed by atoms with Crippen molar-refractivity contribution in [2.45, 2.75) is 194 Å². The monoisotopic (exact) mass is 790 g/mol. The van der Waals surface area contributed by atoms with Crippen molar-refractivity contribution in [3.63, 3.8) is 0 Å². The molecule has 0 fully saturated rings. The van der Waals surface area contributed by atoms with Crippen molar-refractivity contribution in [1.82, 2.24) is 5.32 Å². The number of phosphoric ester groups is 1. The molecule has 0 radical (unpaired) electrons. The predicted octanol–water partition coefficient (Wildman–Crippen LogP) is 9.26. The summed E-state index contributed by atoms with van der Waals surface area (Å²) in [6.45, 7) is 6.14. The average molecular weight is 790 g/mol. The van der Waals surface area contributed by atoms with Gasteiger partial charge in [-0.05, 0) is 6.42 Å². The molecule has 0 aromatic heterocycles. The molecule has 0 aromatic carbocycles. The third-order valence-corrected chi connectivity index (χ3v) is 9.66. The van der Waals surface area contributed by atoms with E-state index < -0.39 is 15.6 Å². The maximum Gasteiger partial charge on any atom is 0.466 e. The van der Waals surface area contributed by atoms with E-state index in [0.29, 0.717) is 13.1 Å². The Labute approximate surface area is 342 Å². The fourth-order valence-corrected chi connectivity index (χ4v) is 6.36. The van der Waals surface area contributed by atoms with Crippen molar-refractivity contribution in [2.24, 2.45) is 0 Å². The van der Waals surface area contributed by atoms with Crippen LogP contribution in [-0.2, 0) is 13.7 Å². The molecule has 0 saturated carbocycles. The van der Waals surface area contributed by atoms with Crippen LogP contribution in [-0.4, -0.2) is 117 Å². The van der Waals surface area contributed by atoms with Gasteiger partial charge in [-0.1, -0.05) is 117 Å². The van der Waals surface area contributed by atoms with E-state index in [9.17, 15) is 4.57 Å². The molecular weight excluding hydrogens is 707 g/mol. The fourth-order valence-electron chi connectivity index (χ4n) is 5.21. The zero-order valence-electron chi connectivity index (χ0n) is 32.8. The number of nitrogens with one attached hydrogen (secondary N) is 1. The summed E-state index contributed by atoms with van der Waals surface area (Å²) in [6.07, 6.45) is 38.6. The van der Waals surface area contributed by atoms with Gasteiger partial charge in [-0.25, -0.2) is 9.13 Å². The maximum atomic E-state index is 10.4. The molecule has 0 aromatic rings. The second-order valence-corrected chi connectivity index (χ2v) is 17.1. The number of hydrogen-bond acceptors (Lipinski definition) is 6. The molecule has 0 aliphatic heterocycles. The van der Waals surface area contributed by atoms with Crippen LogP contribution < -0.4 is 5.32 Å². The van der Waals surface area contributed by atoms with Gasteiger partial charge in [0.15, 0.2) is 0 Å². The van der Waals surface area contributed by atoms with E-state index in [2.05, 4.69) is 23.7 Å². The summed E-state index contributed by atoms with van der Waals surface area (Å²) in [5, 5.41) is 19.1. The van der Waals surface area contributed by atoms with E-state index in [1.807, 2.05) is 0 Å². The Morgan fingerprint density at radius 3 is 0.920 bits per heavy atom. The molecule has 0 saturated heterocycles. The third-order valence-electron chi connectivity index (χ3n) is 8.04. The summed E-state index contributed by atoms with van der Waals surface area (Å²) < 4.78 is 25.3. The van der Waals surface area contributed by atoms with E-state index in [-0.39, 0.29) is 19.8 Å². The van der Waals surface area contributed by atoms with Crippen molar-refractivity contribution >= 4 is 64.6 Å². The van der Waals surface area contributed by atoms with Gasteiger partial charge < -0.3 is 40.0 Å². The zero-order chi connectivity index (χ0) is 38.5. The fraction of sp³-hybridized carbons (Fsp3) is 1.00. The average Bonchev–Trinajstić information content (AvgIpc) is 3.05. The second-order valence-electron chi connectivity index (χ2n) is 13.2. The van der Waals surface area contributed by atoms with Crippen LogP contribution in [0, 0.1) is 0 Å². The number of rotatable bonds is 34. The topological polar surface area (TPSA) is 197 Å². The molecule has 0 rings (SSSR count). The zero-order valence-corrected chi connectivity index (χ0v) is 37.7. The van der Waals surface area contributed by atoms with Gasteiger partial charge in [0.05, 0.1) is 19.8 Å². The van der Waals surface area contributed by atoms with Gasteiger partial charge in [0.2, 0.25) is 0 Å². The van der Waals surface area contributed by atoms with E-state index in [0.717, 1.165) is 68.2 Å². The van der Waals surface area contributed by atoms with E-state index in [1.54, 1.807) is 0.515 Å². The minimum atomic E-state index is -4.64. The molecule has 0 amide bonds. The Morgan fingerprint density at radius 1 is 0.460 bits per heavy atom. The predicted molar refractivity (Wildman–Crippen MR) is 210 cm³/mol. The molecule has 0 unspecified atom stereocenters. The Kier molecular flexibility index (Phi) is 59.3. The van der Waals surface area contributed by atoms with Crippen LogP contribution in [0.5, 0.6) is 0 Å². The first-order valence-corrected chi connectivity index (χ1v) is 25.6. The van der Waals surface area contributed by atoms with Crippen molar-refractivity contribution in [3.05, 3.63) is 0 Å². The van der Waals surface area contributed by atoms with Gasteiger partial charge in [-0.2, -0.15) is 0 Å². The summed E-state index contributed by atoms with van der Waals surface area (Å²) in [5.74, 6) is 0. The Balaban J connectivity index is -0.000000323. The Morgan fingerprint density at radius 2 is 0.700 bits per heavy atom. The summed E-state index contributed by atoms with van der Waals surface area (Å²) >= 11 is 1.10. The van der Waals surface area contributed by atoms with Gasteiger partial charge in [0, 0.05) is 13.1 Å². The van der Waals surface area contributed by atoms with E-state index in [4.69, 9.17) is 39.2 Å². The second kappa shape index (κ2) is 50.7. The maximum absolute atomic E-state index is 10.4. The number of hydrogen-bond donors (Lipinski definition) is 8. The van der Waals surface area contributed by atoms with Crippen molar-refractivity contribution in [2.75, 3.05) is 32.9 Å². The first-order valence-electron chi connectivity index (χ1n) is 20.3. The molecule has 11 nitrogen and oxygen atoms in total. The van der Waals surface area contributed by atoms with Crippen LogP contribution in [0.2, 0.25) is 0.515 Å². The summed E-state index contributed by atoms with van der Waals surface area (Å²) in [7, 11) is -8.89. The molecule has 0 aliphatic carbocycles. The van der Waals surface area contributed by atoms with Crippen LogP contribution in [0.3, 0.4) is 0 Å². The van der Waals surface area contributed by atoms with Crippen LogP contribution in [0.4, 0.5) is 0 Å². The van der Waals surface area contributed by atoms with Crippen molar-refractivity contribution in [1.29, 1.82) is 0 Å². The first-order chi connectivity index (χ1) is 23.9. The number of unbranched alkanes of at least 4 members (excludes halogenated alkanes) is 26. The smallest absolute Gasteiger partial charge is 0.395 e. The molecule has 302 valence electrons. The quantitative estimate of drug-likeness (QED) is 0.0176. The van der Waals surface area contributed by atoms with Crippen LogP contribution in [0.1, 0.15) is 194 Å². The molecule has 0 heterocycles. The van der Waals surface area contributed by atoms with E-state index in [1.165, 1.54) is 161 Å². The SMILES string of the molecule is CCCCCCCCCCCCCCCCOP(=O)(O)O.CCCCCCCCCCCCCCC[CH2][K].O=P(O)(O)O.OCCNCCO. The molecule has 0 atom stereocenters. The summed E-state index contributed by atoms with van der Waals surface area (Å²) in [5.41, 5.74) is 0. The minimum absolute atomic E-state index is 0.139. The van der Waals surface area contributed by atoms with Crippen LogP contribution >= 0.6 is 15.6 Å². The third kappa shape index (κ3) is 83.0. The minimum Gasteiger partial charge on any atom is -0.395 e. The number of aliphatic hydroxyl groups is 2. The van der Waals surface area contributed by atoms with Crippen LogP contribution in [0.25, 0.3) is 0 Å². The molecule has 0 spiro atoms. The summed E-state index contributed by atoms with van der Waals surface area (Å²) in [4.78, 5) is 38.6. The Bertz CT molecular complexity index is 661. The standard InChI is InChI=1S/C16H35O4P.C16H33.C4H11NO2.K.H3O4P/c1-2-3-4-5-6-7-8-9-10-11-12-13-14-15-16-20-21(17,18)19;1-3-5-7-9-11-13-15-16-14-12-10-8-6-4-2;6-3-1-5-2-4-7;;1-5(2,3)4/h2-16H2,1H3,(H2,17,18,19);1,3-16H2,2H3;5-7H,1-4H2;;(H3,1,2,3,4). The molecule has 14 heteroatoms. The van der Waals surface area contributed by atoms with Gasteiger partial charge in [-0.3, -0.25) is 4.52 Å². The van der Waals surface area contributed by atoms with Gasteiger partial charge in [0.25, 0.3) is 0 Å². The molecular formula is C36H82KNO10P2. The summed E-state index contributed by atoms with van der Waals surface area (Å²) in [6, 6.07) is 0.